The fraction of sp³-hybridized carbons (Fsp3) is 0.414. The molecule has 3 amide bonds. The average molecular weight is 580 g/mol. The van der Waals surface area contributed by atoms with Gasteiger partial charge in [0.2, 0.25) is 5.91 Å². The molecule has 0 aliphatic carbocycles. The molecule has 12 heteroatoms. The van der Waals surface area contributed by atoms with E-state index in [0.29, 0.717) is 12.2 Å². The van der Waals surface area contributed by atoms with E-state index in [1.807, 2.05) is 30.3 Å². The third-order valence-corrected chi connectivity index (χ3v) is 9.38. The molecule has 11 nitrogen and oxygen atoms in total. The zero-order chi connectivity index (χ0) is 29.1. The molecule has 2 aromatic heterocycles. The maximum atomic E-state index is 13.8. The zero-order valence-corrected chi connectivity index (χ0v) is 24.5. The summed E-state index contributed by atoms with van der Waals surface area (Å²) in [6, 6.07) is 12.4. The highest BCUT2D eigenvalue weighted by Crippen LogP contribution is 2.31. The van der Waals surface area contributed by atoms with E-state index in [1.165, 1.54) is 17.4 Å². The Morgan fingerprint density at radius 2 is 1.80 bits per heavy atom. The van der Waals surface area contributed by atoms with Crippen molar-refractivity contribution in [3.63, 3.8) is 0 Å². The van der Waals surface area contributed by atoms with Crippen LogP contribution in [0.15, 0.2) is 60.0 Å². The van der Waals surface area contributed by atoms with E-state index in [4.69, 9.17) is 0 Å². The highest BCUT2D eigenvalue weighted by Gasteiger charge is 2.42. The summed E-state index contributed by atoms with van der Waals surface area (Å²) in [4.78, 5) is 32.2. The number of nitrogens with zero attached hydrogens (tertiary/aromatic N) is 5. The maximum absolute atomic E-state index is 13.8. The van der Waals surface area contributed by atoms with Crippen molar-refractivity contribution in [1.29, 1.82) is 0 Å². The SMILES string of the molecule is CCCCCNC(=O)N1CCN(S(=O)(=O)c2cn(C)cn2)[C@H](C(=O)Nc2ccc3c(c2)c2ccccc2n3CC)C1. The van der Waals surface area contributed by atoms with Crippen LogP contribution < -0.4 is 10.6 Å². The third kappa shape index (κ3) is 5.66. The number of sulfonamides is 1. The van der Waals surface area contributed by atoms with Crippen molar-refractivity contribution in [3.8, 4) is 0 Å². The predicted octanol–water partition coefficient (Wildman–Crippen LogP) is 3.76. The lowest BCUT2D eigenvalue weighted by Crippen LogP contribution is -2.61. The number of amides is 3. The van der Waals surface area contributed by atoms with Crippen LogP contribution in [-0.4, -0.2) is 75.9 Å². The van der Waals surface area contributed by atoms with Crippen LogP contribution in [0.2, 0.25) is 0 Å². The summed E-state index contributed by atoms with van der Waals surface area (Å²) in [5, 5.41) is 7.77. The van der Waals surface area contributed by atoms with Crippen LogP contribution in [-0.2, 0) is 28.4 Å². The van der Waals surface area contributed by atoms with Gasteiger partial charge in [0.15, 0.2) is 5.03 Å². The number of aromatic nitrogens is 3. The largest absolute Gasteiger partial charge is 0.341 e. The fourth-order valence-electron chi connectivity index (χ4n) is 5.47. The molecule has 1 fully saturated rings. The molecule has 1 aliphatic heterocycles. The summed E-state index contributed by atoms with van der Waals surface area (Å²) >= 11 is 0. The summed E-state index contributed by atoms with van der Waals surface area (Å²) in [5.74, 6) is -0.508. The first-order chi connectivity index (χ1) is 19.7. The predicted molar refractivity (Wildman–Crippen MR) is 159 cm³/mol. The lowest BCUT2D eigenvalue weighted by Gasteiger charge is -2.39. The van der Waals surface area contributed by atoms with E-state index in [1.54, 1.807) is 11.6 Å². The Kier molecular flexibility index (Phi) is 8.32. The number of benzene rings is 2. The van der Waals surface area contributed by atoms with E-state index in [2.05, 4.69) is 46.2 Å². The fourth-order valence-corrected chi connectivity index (χ4v) is 7.01. The molecule has 0 bridgehead atoms. The first-order valence-electron chi connectivity index (χ1n) is 14.1. The summed E-state index contributed by atoms with van der Waals surface area (Å²) < 4.78 is 32.1. The number of fused-ring (bicyclic) bond motifs is 3. The molecule has 3 heterocycles. The lowest BCUT2D eigenvalue weighted by atomic mass is 10.1. The number of unbranched alkanes of at least 4 members (excludes halogenated alkanes) is 2. The van der Waals surface area contributed by atoms with E-state index in [9.17, 15) is 18.0 Å². The Morgan fingerprint density at radius 1 is 1.02 bits per heavy atom. The van der Waals surface area contributed by atoms with Gasteiger partial charge in [0, 0.05) is 73.5 Å². The van der Waals surface area contributed by atoms with E-state index in [-0.39, 0.29) is 30.7 Å². The van der Waals surface area contributed by atoms with Gasteiger partial charge in [-0.2, -0.15) is 4.31 Å². The van der Waals surface area contributed by atoms with Crippen molar-refractivity contribution < 1.29 is 18.0 Å². The van der Waals surface area contributed by atoms with Crippen LogP contribution in [0.4, 0.5) is 10.5 Å². The molecule has 0 saturated carbocycles. The third-order valence-electron chi connectivity index (χ3n) is 7.59. The maximum Gasteiger partial charge on any atom is 0.317 e. The Morgan fingerprint density at radius 3 is 2.54 bits per heavy atom. The van der Waals surface area contributed by atoms with Gasteiger partial charge in [0.25, 0.3) is 10.0 Å². The van der Waals surface area contributed by atoms with E-state index >= 15 is 0 Å². The number of piperazine rings is 1. The highest BCUT2D eigenvalue weighted by atomic mass is 32.2. The van der Waals surface area contributed by atoms with Crippen molar-refractivity contribution in [2.75, 3.05) is 31.5 Å². The summed E-state index contributed by atoms with van der Waals surface area (Å²) in [7, 11) is -2.40. The first-order valence-corrected chi connectivity index (χ1v) is 15.5. The number of carbonyl (C=O) groups excluding carboxylic acids is 2. The summed E-state index contributed by atoms with van der Waals surface area (Å²) in [5.41, 5.74) is 2.71. The number of urea groups is 1. The molecule has 4 aromatic rings. The molecule has 1 atom stereocenters. The van der Waals surface area contributed by atoms with Crippen LogP contribution >= 0.6 is 0 Å². The number of rotatable bonds is 9. The number of carbonyl (C=O) groups is 2. The van der Waals surface area contributed by atoms with Crippen LogP contribution in [0.25, 0.3) is 21.8 Å². The Bertz CT molecular complexity index is 1680. The number of nitrogens with one attached hydrogen (secondary N) is 2. The van der Waals surface area contributed by atoms with Gasteiger partial charge in [-0.3, -0.25) is 4.79 Å². The molecule has 0 unspecified atom stereocenters. The Hall–Kier alpha value is -3.90. The second kappa shape index (κ2) is 11.9. The molecule has 218 valence electrons. The van der Waals surface area contributed by atoms with Gasteiger partial charge in [-0.25, -0.2) is 18.2 Å². The molecule has 0 spiro atoms. The van der Waals surface area contributed by atoms with Gasteiger partial charge in [-0.05, 0) is 37.6 Å². The van der Waals surface area contributed by atoms with Crippen LogP contribution in [0, 0.1) is 0 Å². The zero-order valence-electron chi connectivity index (χ0n) is 23.7. The van der Waals surface area contributed by atoms with Gasteiger partial charge < -0.3 is 24.7 Å². The van der Waals surface area contributed by atoms with Gasteiger partial charge >= 0.3 is 6.03 Å². The number of para-hydroxylation sites is 1. The molecule has 1 aliphatic rings. The van der Waals surface area contributed by atoms with Crippen molar-refractivity contribution >= 4 is 49.5 Å². The number of aryl methyl sites for hydroxylation is 2. The molecule has 5 rings (SSSR count). The minimum absolute atomic E-state index is 0.0254. The molecular formula is C29H37N7O4S. The monoisotopic (exact) mass is 579 g/mol. The molecule has 2 N–H and O–H groups in total. The second-order valence-electron chi connectivity index (χ2n) is 10.4. The van der Waals surface area contributed by atoms with Crippen LogP contribution in [0.1, 0.15) is 33.1 Å². The van der Waals surface area contributed by atoms with Crippen molar-refractivity contribution in [3.05, 3.63) is 55.0 Å². The number of anilines is 1. The topological polar surface area (TPSA) is 122 Å². The molecule has 41 heavy (non-hydrogen) atoms. The smallest absolute Gasteiger partial charge is 0.317 e. The molecule has 1 saturated heterocycles. The summed E-state index contributed by atoms with van der Waals surface area (Å²) in [6.45, 7) is 5.57. The normalized spacial score (nSPS) is 16.4. The first kappa shape index (κ1) is 28.6. The quantitative estimate of drug-likeness (QED) is 0.293. The lowest BCUT2D eigenvalue weighted by molar-refractivity contribution is -0.121. The second-order valence-corrected chi connectivity index (χ2v) is 12.2. The standard InChI is InChI=1S/C29H37N7O4S/c1-4-6-9-14-30-29(38)34-15-16-36(41(39,40)27-19-33(3)20-31-27)26(18-34)28(37)32-21-12-13-25-23(17-21)22-10-7-8-11-24(22)35(25)5-2/h7-8,10-13,17,19-20,26H,4-6,9,14-16,18H2,1-3H3,(H,30,38)(H,32,37)/t26-/m0/s1. The number of hydrogen-bond donors (Lipinski definition) is 2. The van der Waals surface area contributed by atoms with Crippen LogP contribution in [0.3, 0.4) is 0 Å². The van der Waals surface area contributed by atoms with Crippen LogP contribution in [0.5, 0.6) is 0 Å². The van der Waals surface area contributed by atoms with Crippen molar-refractivity contribution in [2.24, 2.45) is 7.05 Å². The minimum atomic E-state index is -4.09. The van der Waals surface area contributed by atoms with Gasteiger partial charge in [0.05, 0.1) is 6.33 Å². The van der Waals surface area contributed by atoms with E-state index < -0.39 is 22.0 Å². The van der Waals surface area contributed by atoms with Gasteiger partial charge in [0.1, 0.15) is 6.04 Å². The Balaban J connectivity index is 1.43. The summed E-state index contributed by atoms with van der Waals surface area (Å²) in [6.07, 6.45) is 5.71. The van der Waals surface area contributed by atoms with Crippen molar-refractivity contribution in [2.45, 2.75) is 50.7 Å². The Labute approximate surface area is 240 Å². The minimum Gasteiger partial charge on any atom is -0.341 e. The van der Waals surface area contributed by atoms with E-state index in [0.717, 1.165) is 51.9 Å². The highest BCUT2D eigenvalue weighted by molar-refractivity contribution is 7.89. The number of hydrogen-bond acceptors (Lipinski definition) is 5. The van der Waals surface area contributed by atoms with Gasteiger partial charge in [-0.1, -0.05) is 38.0 Å². The molecule has 0 radical (unpaired) electrons. The molecule has 2 aromatic carbocycles. The van der Waals surface area contributed by atoms with Gasteiger partial charge in [-0.15, -0.1) is 0 Å². The molecular weight excluding hydrogens is 542 g/mol. The number of imidazole rings is 1. The average Bonchev–Trinajstić information content (AvgIpc) is 3.56. The van der Waals surface area contributed by atoms with Crippen molar-refractivity contribution in [1.82, 2.24) is 28.6 Å².